The Morgan fingerprint density at radius 2 is 1.67 bits per heavy atom. The lowest BCUT2D eigenvalue weighted by Crippen LogP contribution is -2.55. The van der Waals surface area contributed by atoms with E-state index in [1.54, 1.807) is 0 Å². The molecule has 0 atom stereocenters. The van der Waals surface area contributed by atoms with E-state index in [0.717, 1.165) is 0 Å². The van der Waals surface area contributed by atoms with Gasteiger partial charge in [-0.1, -0.05) is 6.39 Å². The third-order valence-corrected chi connectivity index (χ3v) is 1.11. The van der Waals surface area contributed by atoms with Gasteiger partial charge in [-0.05, 0) is 29.6 Å². The molecule has 0 saturated carbocycles. The van der Waals surface area contributed by atoms with Crippen LogP contribution < -0.4 is 0 Å². The van der Waals surface area contributed by atoms with Crippen molar-refractivity contribution in [1.82, 2.24) is 0 Å². The number of hydrogen-bond acceptors (Lipinski definition) is 0. The maximum absolute atomic E-state index is 5.25. The van der Waals surface area contributed by atoms with Crippen molar-refractivity contribution in [2.24, 2.45) is 0 Å². The molecule has 0 aliphatic carbocycles. The van der Waals surface area contributed by atoms with Gasteiger partial charge < -0.3 is 15.5 Å². The van der Waals surface area contributed by atoms with Gasteiger partial charge in [-0.25, -0.2) is 6.39 Å². The van der Waals surface area contributed by atoms with E-state index >= 15 is 0 Å². The molecule has 0 aromatic carbocycles. The standard InChI is InChI=1S/B9/c1-6-9(7(2)3)8(4)5/q-2. The van der Waals surface area contributed by atoms with Crippen molar-refractivity contribution in [2.45, 2.75) is 0 Å². The average molecular weight is 97.3 g/mol. The second-order valence-electron chi connectivity index (χ2n) is 1.92. The molecule has 0 amide bonds. The molecule has 0 aliphatic heterocycles. The number of hydrogen-bond donors (Lipinski definition) is 0. The van der Waals surface area contributed by atoms with Crippen LogP contribution in [-0.2, 0) is 0 Å². The Kier molecular flexibility index (Phi) is 4.69. The molecule has 0 spiro atoms. The zero-order valence-corrected chi connectivity index (χ0v) is 5.20. The van der Waals surface area contributed by atoms with Gasteiger partial charge in [0.15, 0.2) is 0 Å². The van der Waals surface area contributed by atoms with Crippen LogP contribution in [0.25, 0.3) is 0 Å². The van der Waals surface area contributed by atoms with E-state index in [4.69, 9.17) is 38.7 Å². The minimum Gasteiger partial charge on any atom is -0.690 e. The van der Waals surface area contributed by atoms with Crippen molar-refractivity contribution in [1.29, 1.82) is 0 Å². The van der Waals surface area contributed by atoms with Crippen molar-refractivity contribution >= 4 is 64.9 Å². The lowest BCUT2D eigenvalue weighted by molar-refractivity contribution is 3.58. The highest BCUT2D eigenvalue weighted by Gasteiger charge is 2.06. The summed E-state index contributed by atoms with van der Waals surface area (Å²) in [5, 5.41) is 0. The van der Waals surface area contributed by atoms with Gasteiger partial charge in [0, 0.05) is 0 Å². The molecule has 0 saturated heterocycles. The van der Waals surface area contributed by atoms with Crippen molar-refractivity contribution in [2.75, 3.05) is 0 Å². The molecular weight excluding hydrogens is 97.3 g/mol. The van der Waals surface area contributed by atoms with E-state index in [2.05, 4.69) is 0 Å². The van der Waals surface area contributed by atoms with Crippen LogP contribution in [0.1, 0.15) is 0 Å². The Morgan fingerprint density at radius 1 is 1.22 bits per heavy atom. The third kappa shape index (κ3) is 3.32. The molecule has 0 bridgehead atoms. The molecule has 0 fully saturated rings. The zero-order chi connectivity index (χ0) is 7.44. The van der Waals surface area contributed by atoms with Crippen LogP contribution in [-0.4, -0.2) is 64.9 Å². The van der Waals surface area contributed by atoms with Gasteiger partial charge >= 0.3 is 0 Å². The first-order valence-electron chi connectivity index (χ1n) is 2.67. The Morgan fingerprint density at radius 3 is 1.67 bits per heavy atom. The van der Waals surface area contributed by atoms with Gasteiger partial charge in [0.05, 0.1) is 0 Å². The summed E-state index contributed by atoms with van der Waals surface area (Å²) in [6, 6.07) is 0. The molecule has 0 aliphatic rings. The van der Waals surface area contributed by atoms with E-state index in [0.29, 0.717) is 0 Å². The highest BCUT2D eigenvalue weighted by Crippen LogP contribution is 1.80. The largest absolute Gasteiger partial charge is 0.690 e. The molecular formula is B9-2. The van der Waals surface area contributed by atoms with Crippen LogP contribution in [0.4, 0.5) is 0 Å². The Balaban J connectivity index is 3.68. The summed E-state index contributed by atoms with van der Waals surface area (Å²) in [4.78, 5) is 0. The molecule has 9 heteroatoms. The maximum Gasteiger partial charge on any atom is -0.000207 e. The van der Waals surface area contributed by atoms with Crippen LogP contribution >= 0.6 is 0 Å². The molecule has 0 heterocycles. The summed E-state index contributed by atoms with van der Waals surface area (Å²) in [5.41, 5.74) is 0. The van der Waals surface area contributed by atoms with Gasteiger partial charge in [-0.15, -0.1) is 0 Å². The first kappa shape index (κ1) is 9.58. The second-order valence-corrected chi connectivity index (χ2v) is 1.92. The third-order valence-electron chi connectivity index (χ3n) is 1.11. The summed E-state index contributed by atoms with van der Waals surface area (Å²) in [5.74, 6) is 0. The first-order chi connectivity index (χ1) is 4.09. The molecule has 0 aromatic rings. The number of rotatable bonds is 3. The van der Waals surface area contributed by atoms with E-state index in [1.807, 2.05) is 0 Å². The van der Waals surface area contributed by atoms with E-state index in [-0.39, 0.29) is 6.39 Å². The normalized spacial score (nSPS) is 8.22. The minimum atomic E-state index is -0.574. The topological polar surface area (TPSA) is 0 Å². The van der Waals surface area contributed by atoms with Gasteiger partial charge in [-0.2, -0.15) is 0 Å². The lowest BCUT2D eigenvalue weighted by Gasteiger charge is -2.35. The highest BCUT2D eigenvalue weighted by molar-refractivity contribution is 7.93. The summed E-state index contributed by atoms with van der Waals surface area (Å²) in [6.07, 6.45) is -1.46. The van der Waals surface area contributed by atoms with E-state index in [1.165, 1.54) is 7.06 Å². The van der Waals surface area contributed by atoms with E-state index in [9.17, 15) is 0 Å². The predicted octanol–water partition coefficient (Wildman–Crippen LogP) is -3.43. The highest BCUT2D eigenvalue weighted by atomic mass is 13.0. The van der Waals surface area contributed by atoms with Crippen LogP contribution in [0.5, 0.6) is 0 Å². The molecule has 29 valence electrons. The predicted molar refractivity (Wildman–Crippen MR) is 51.8 cm³/mol. The van der Waals surface area contributed by atoms with Gasteiger partial charge in [0.25, 0.3) is 0 Å². The maximum atomic E-state index is 5.25. The molecule has 0 unspecified atom stereocenters. The fourth-order valence-electron chi connectivity index (χ4n) is 0.513. The molecule has 0 rings (SSSR count). The minimum absolute atomic E-state index is 0.315. The Hall–Kier alpha value is 0.584. The lowest BCUT2D eigenvalue weighted by atomic mass is 8.64. The van der Waals surface area contributed by atoms with Crippen molar-refractivity contribution in [3.05, 3.63) is 0 Å². The average Bonchev–Trinajstić information content (AvgIpc) is 1.64. The molecule has 13 radical (unpaired) electrons. The fraction of sp³-hybridized carbons (Fsp3) is 0. The van der Waals surface area contributed by atoms with Crippen LogP contribution in [0.3, 0.4) is 0 Å². The van der Waals surface area contributed by atoms with Crippen molar-refractivity contribution in [3.8, 4) is 0 Å². The Labute approximate surface area is 65.5 Å². The second kappa shape index (κ2) is 4.41. The summed E-state index contributed by atoms with van der Waals surface area (Å²) in [6.45, 7) is 0. The van der Waals surface area contributed by atoms with E-state index < -0.39 is 12.8 Å². The SMILES string of the molecule is [B]B([B])B([B][B-])B([B])[B-]. The fourth-order valence-corrected chi connectivity index (χ4v) is 0.513. The van der Waals surface area contributed by atoms with Crippen molar-refractivity contribution in [3.63, 3.8) is 0 Å². The quantitative estimate of drug-likeness (QED) is 0.322. The van der Waals surface area contributed by atoms with Gasteiger partial charge in [-0.3, -0.25) is 7.06 Å². The smallest absolute Gasteiger partial charge is 0.000207 e. The monoisotopic (exact) mass is 99.1 g/mol. The Bertz CT molecular complexity index is 54.4. The first-order valence-corrected chi connectivity index (χ1v) is 2.67. The molecule has 0 N–H and O–H groups in total. The van der Waals surface area contributed by atoms with Crippen LogP contribution in [0.2, 0.25) is 0 Å². The van der Waals surface area contributed by atoms with Gasteiger partial charge in [0.1, 0.15) is 0 Å². The summed E-state index contributed by atoms with van der Waals surface area (Å²) >= 11 is 0. The summed E-state index contributed by atoms with van der Waals surface area (Å²) < 4.78 is 0. The molecule has 9 heavy (non-hydrogen) atoms. The van der Waals surface area contributed by atoms with Crippen LogP contribution in [0, 0.1) is 0 Å². The van der Waals surface area contributed by atoms with Crippen LogP contribution in [0.15, 0.2) is 0 Å². The van der Waals surface area contributed by atoms with Gasteiger partial charge in [0.2, 0.25) is 0 Å². The molecule has 0 nitrogen and oxygen atoms in total. The zero-order valence-electron chi connectivity index (χ0n) is 5.20. The van der Waals surface area contributed by atoms with Crippen molar-refractivity contribution < 1.29 is 0 Å². The summed E-state index contributed by atoms with van der Waals surface area (Å²) in [7, 11) is 27.5. The molecule has 0 aromatic heterocycles.